The number of hydrogen-bond donors (Lipinski definition) is 4. The average molecular weight is 623 g/mol. The number of carbonyl (C=O) groups is 3. The standard InChI is InChI=1S/C36H54N4O5/c1-26(2)32(37-22-15-23-40(6)7)34(43)39-33(42)29(21-14-20-27-16-10-8-11-17-27)25-31(41)30(24-28-18-12-9-13-19-28)38-35(44)45-36(3,4)5/h8-14,16-20,26,29-32,37,41H,15,21-25H2,1-7H3,(H,38,44)(H,39,42,43)/t29?,30-,31-,32+/m0/s1. The molecule has 0 saturated carbocycles. The topological polar surface area (TPSA) is 120 Å². The van der Waals surface area contributed by atoms with Crippen LogP contribution in [0.4, 0.5) is 4.79 Å². The molecule has 9 nitrogen and oxygen atoms in total. The van der Waals surface area contributed by atoms with Crippen LogP contribution in [0.1, 0.15) is 65.0 Å². The molecule has 0 radical (unpaired) electrons. The Hall–Kier alpha value is -3.53. The molecule has 248 valence electrons. The van der Waals surface area contributed by atoms with Crippen molar-refractivity contribution < 1.29 is 24.2 Å². The minimum Gasteiger partial charge on any atom is -0.444 e. The maximum atomic E-state index is 13.6. The number of nitrogens with zero attached hydrogens (tertiary/aromatic N) is 1. The molecule has 2 aromatic carbocycles. The lowest BCUT2D eigenvalue weighted by Crippen LogP contribution is -2.52. The highest BCUT2D eigenvalue weighted by molar-refractivity contribution is 5.98. The maximum absolute atomic E-state index is 13.6. The van der Waals surface area contributed by atoms with Crippen molar-refractivity contribution in [3.05, 3.63) is 77.9 Å². The number of benzene rings is 2. The molecular weight excluding hydrogens is 568 g/mol. The van der Waals surface area contributed by atoms with Gasteiger partial charge in [0.2, 0.25) is 11.8 Å². The van der Waals surface area contributed by atoms with E-state index in [1.165, 1.54) is 0 Å². The zero-order valence-corrected chi connectivity index (χ0v) is 28.1. The van der Waals surface area contributed by atoms with E-state index in [1.54, 1.807) is 20.8 Å². The Balaban J connectivity index is 2.25. The molecule has 0 saturated heterocycles. The van der Waals surface area contributed by atoms with Gasteiger partial charge in [0.1, 0.15) is 5.60 Å². The normalized spacial score (nSPS) is 14.6. The SMILES string of the molecule is CC(C)[C@@H](NCCCN(C)C)C(=O)NC(=O)C(CC=Cc1ccccc1)C[C@H](O)[C@H](Cc1ccccc1)NC(=O)OC(C)(C)C. The van der Waals surface area contributed by atoms with Crippen molar-refractivity contribution >= 4 is 24.0 Å². The van der Waals surface area contributed by atoms with Crippen LogP contribution in [-0.2, 0) is 20.7 Å². The van der Waals surface area contributed by atoms with E-state index in [-0.39, 0.29) is 24.7 Å². The number of hydrogen-bond acceptors (Lipinski definition) is 7. The van der Waals surface area contributed by atoms with Crippen LogP contribution in [0.25, 0.3) is 6.08 Å². The van der Waals surface area contributed by atoms with Gasteiger partial charge in [0, 0.05) is 5.92 Å². The molecule has 4 N–H and O–H groups in total. The highest BCUT2D eigenvalue weighted by atomic mass is 16.6. The molecule has 4 atom stereocenters. The summed E-state index contributed by atoms with van der Waals surface area (Å²) in [5.41, 5.74) is 1.17. The monoisotopic (exact) mass is 622 g/mol. The molecule has 45 heavy (non-hydrogen) atoms. The second-order valence-corrected chi connectivity index (χ2v) is 13.2. The largest absolute Gasteiger partial charge is 0.444 e. The van der Waals surface area contributed by atoms with Crippen LogP contribution in [0.3, 0.4) is 0 Å². The van der Waals surface area contributed by atoms with Gasteiger partial charge in [0.25, 0.3) is 0 Å². The summed E-state index contributed by atoms with van der Waals surface area (Å²) < 4.78 is 5.47. The second-order valence-electron chi connectivity index (χ2n) is 13.2. The van der Waals surface area contributed by atoms with Crippen molar-refractivity contribution in [3.8, 4) is 0 Å². The van der Waals surface area contributed by atoms with Gasteiger partial charge in [-0.1, -0.05) is 86.7 Å². The summed E-state index contributed by atoms with van der Waals surface area (Å²) in [5.74, 6) is -1.62. The van der Waals surface area contributed by atoms with Gasteiger partial charge in [-0.3, -0.25) is 14.9 Å². The molecule has 9 heteroatoms. The molecule has 2 rings (SSSR count). The first kappa shape index (κ1) is 37.7. The molecule has 0 fully saturated rings. The van der Waals surface area contributed by atoms with Crippen molar-refractivity contribution in [2.45, 2.75) is 84.1 Å². The van der Waals surface area contributed by atoms with Crippen LogP contribution < -0.4 is 16.0 Å². The van der Waals surface area contributed by atoms with E-state index in [2.05, 4.69) is 20.9 Å². The third-order valence-electron chi connectivity index (χ3n) is 7.23. The Kier molecular flexibility index (Phi) is 16.0. The smallest absolute Gasteiger partial charge is 0.407 e. The molecule has 0 aliphatic carbocycles. The predicted molar refractivity (Wildman–Crippen MR) is 180 cm³/mol. The summed E-state index contributed by atoms with van der Waals surface area (Å²) in [6.07, 6.45) is 3.56. The van der Waals surface area contributed by atoms with Crippen LogP contribution in [0.15, 0.2) is 66.7 Å². The van der Waals surface area contributed by atoms with Crippen molar-refractivity contribution in [2.24, 2.45) is 11.8 Å². The molecule has 1 unspecified atom stereocenters. The minimum atomic E-state index is -1.10. The zero-order chi connectivity index (χ0) is 33.4. The van der Waals surface area contributed by atoms with Gasteiger partial charge < -0.3 is 25.4 Å². The number of nitrogens with one attached hydrogen (secondary N) is 3. The molecule has 0 aliphatic rings. The Labute approximate surface area is 269 Å². The summed E-state index contributed by atoms with van der Waals surface area (Å²) in [6, 6.07) is 18.0. The summed E-state index contributed by atoms with van der Waals surface area (Å²) in [4.78, 5) is 41.8. The van der Waals surface area contributed by atoms with Crippen LogP contribution in [0.2, 0.25) is 0 Å². The Morgan fingerprint density at radius 3 is 2.16 bits per heavy atom. The zero-order valence-electron chi connectivity index (χ0n) is 28.1. The Morgan fingerprint density at radius 2 is 1.58 bits per heavy atom. The van der Waals surface area contributed by atoms with Gasteiger partial charge in [-0.2, -0.15) is 0 Å². The fourth-order valence-electron chi connectivity index (χ4n) is 4.89. The first-order valence-electron chi connectivity index (χ1n) is 15.9. The lowest BCUT2D eigenvalue weighted by Gasteiger charge is -2.29. The highest BCUT2D eigenvalue weighted by Crippen LogP contribution is 2.20. The van der Waals surface area contributed by atoms with Crippen LogP contribution in [0, 0.1) is 11.8 Å². The highest BCUT2D eigenvalue weighted by Gasteiger charge is 2.31. The lowest BCUT2D eigenvalue weighted by atomic mass is 9.90. The number of allylic oxidation sites excluding steroid dienone is 1. The van der Waals surface area contributed by atoms with E-state index in [4.69, 9.17) is 4.74 Å². The molecule has 3 amide bonds. The molecule has 0 aliphatic heterocycles. The maximum Gasteiger partial charge on any atom is 0.407 e. The summed E-state index contributed by atoms with van der Waals surface area (Å²) in [7, 11) is 4.00. The van der Waals surface area contributed by atoms with Crippen molar-refractivity contribution in [1.82, 2.24) is 20.9 Å². The summed E-state index contributed by atoms with van der Waals surface area (Å²) >= 11 is 0. The molecular formula is C36H54N4O5. The van der Waals surface area contributed by atoms with E-state index in [0.717, 1.165) is 24.1 Å². The number of amides is 3. The van der Waals surface area contributed by atoms with Crippen LogP contribution in [-0.4, -0.2) is 78.9 Å². The third kappa shape index (κ3) is 15.3. The van der Waals surface area contributed by atoms with Gasteiger partial charge in [-0.05, 0) is 90.7 Å². The third-order valence-corrected chi connectivity index (χ3v) is 7.23. The number of ether oxygens (including phenoxy) is 1. The van der Waals surface area contributed by atoms with Gasteiger partial charge in [0.15, 0.2) is 0 Å². The average Bonchev–Trinajstić information content (AvgIpc) is 2.95. The molecule has 0 spiro atoms. The molecule has 0 bridgehead atoms. The van der Waals surface area contributed by atoms with E-state index in [9.17, 15) is 19.5 Å². The number of alkyl carbamates (subject to hydrolysis) is 1. The number of carbonyl (C=O) groups excluding carboxylic acids is 3. The van der Waals surface area contributed by atoms with Gasteiger partial charge in [-0.15, -0.1) is 0 Å². The molecule has 0 aromatic heterocycles. The summed E-state index contributed by atoms with van der Waals surface area (Å²) in [5, 5.41) is 20.2. The lowest BCUT2D eigenvalue weighted by molar-refractivity contribution is -0.135. The van der Waals surface area contributed by atoms with Crippen molar-refractivity contribution in [2.75, 3.05) is 27.2 Å². The quantitative estimate of drug-likeness (QED) is 0.187. The van der Waals surface area contributed by atoms with E-state index >= 15 is 0 Å². The molecule has 2 aromatic rings. The Morgan fingerprint density at radius 1 is 0.956 bits per heavy atom. The van der Waals surface area contributed by atoms with Gasteiger partial charge >= 0.3 is 6.09 Å². The second kappa shape index (κ2) is 19.1. The van der Waals surface area contributed by atoms with Crippen molar-refractivity contribution in [3.63, 3.8) is 0 Å². The summed E-state index contributed by atoms with van der Waals surface area (Å²) in [6.45, 7) is 10.7. The minimum absolute atomic E-state index is 0.0220. The number of imide groups is 1. The van der Waals surface area contributed by atoms with Gasteiger partial charge in [0.05, 0.1) is 18.2 Å². The number of aliphatic hydroxyl groups is 1. The molecule has 0 heterocycles. The first-order valence-corrected chi connectivity index (χ1v) is 15.9. The fraction of sp³-hybridized carbons (Fsp3) is 0.528. The number of aliphatic hydroxyl groups excluding tert-OH is 1. The Bertz CT molecular complexity index is 1190. The van der Waals surface area contributed by atoms with Gasteiger partial charge in [-0.25, -0.2) is 4.79 Å². The predicted octanol–water partition coefficient (Wildman–Crippen LogP) is 4.80. The van der Waals surface area contributed by atoms with E-state index in [0.29, 0.717) is 13.0 Å². The fourth-order valence-corrected chi connectivity index (χ4v) is 4.89. The number of rotatable bonds is 17. The van der Waals surface area contributed by atoms with Crippen LogP contribution in [0.5, 0.6) is 0 Å². The first-order chi connectivity index (χ1) is 21.2. The van der Waals surface area contributed by atoms with E-state index < -0.39 is 41.7 Å². The van der Waals surface area contributed by atoms with E-state index in [1.807, 2.05) is 101 Å². The van der Waals surface area contributed by atoms with Crippen LogP contribution >= 0.6 is 0 Å². The van der Waals surface area contributed by atoms with Crippen molar-refractivity contribution in [1.29, 1.82) is 0 Å².